The van der Waals surface area contributed by atoms with Crippen molar-refractivity contribution in [2.75, 3.05) is 7.05 Å². The molecule has 0 bridgehead atoms. The predicted molar refractivity (Wildman–Crippen MR) is 90.5 cm³/mol. The molecule has 0 radical (unpaired) electrons. The Hall–Kier alpha value is -1.93. The van der Waals surface area contributed by atoms with E-state index in [4.69, 9.17) is 0 Å². The van der Waals surface area contributed by atoms with Gasteiger partial charge in [-0.05, 0) is 44.9 Å². The Bertz CT molecular complexity index is 692. The van der Waals surface area contributed by atoms with E-state index in [1.54, 1.807) is 0 Å². The van der Waals surface area contributed by atoms with Gasteiger partial charge in [0.25, 0.3) is 0 Å². The zero-order valence-electron chi connectivity index (χ0n) is 13.5. The van der Waals surface area contributed by atoms with Crippen molar-refractivity contribution in [3.05, 3.63) is 70.8 Å². The second-order valence-corrected chi connectivity index (χ2v) is 6.45. The van der Waals surface area contributed by atoms with E-state index >= 15 is 0 Å². The Kier molecular flexibility index (Phi) is 3.88. The average Bonchev–Trinajstić information content (AvgIpc) is 2.75. The second kappa shape index (κ2) is 5.69. The van der Waals surface area contributed by atoms with Crippen molar-refractivity contribution < 1.29 is 4.79 Å². The zero-order valence-corrected chi connectivity index (χ0v) is 13.5. The highest BCUT2D eigenvalue weighted by atomic mass is 16.1. The normalized spacial score (nSPS) is 23.6. The molecule has 0 heterocycles. The quantitative estimate of drug-likeness (QED) is 0.926. The van der Waals surface area contributed by atoms with Gasteiger partial charge in [-0.3, -0.25) is 4.79 Å². The van der Waals surface area contributed by atoms with Crippen LogP contribution in [0.1, 0.15) is 46.3 Å². The van der Waals surface area contributed by atoms with Crippen molar-refractivity contribution in [1.82, 2.24) is 5.32 Å². The van der Waals surface area contributed by atoms with E-state index in [0.29, 0.717) is 0 Å². The topological polar surface area (TPSA) is 29.1 Å². The molecule has 2 atom stereocenters. The number of ketones is 1. The van der Waals surface area contributed by atoms with Gasteiger partial charge in [-0.25, -0.2) is 0 Å². The third-order valence-corrected chi connectivity index (χ3v) is 5.08. The van der Waals surface area contributed by atoms with Crippen molar-refractivity contribution in [3.8, 4) is 0 Å². The SMILES string of the molecule is CNC1(C)C(=O)c2ccc(C)cc2C1CCc1ccccc1. The maximum absolute atomic E-state index is 12.8. The Morgan fingerprint density at radius 3 is 2.55 bits per heavy atom. The molecule has 1 aliphatic carbocycles. The van der Waals surface area contributed by atoms with E-state index in [9.17, 15) is 4.79 Å². The van der Waals surface area contributed by atoms with E-state index < -0.39 is 5.54 Å². The molecule has 3 rings (SSSR count). The number of carbonyl (C=O) groups is 1. The molecular weight excluding hydrogens is 270 g/mol. The summed E-state index contributed by atoms with van der Waals surface area (Å²) in [7, 11) is 1.89. The highest BCUT2D eigenvalue weighted by Crippen LogP contribution is 2.43. The van der Waals surface area contributed by atoms with Crippen LogP contribution < -0.4 is 5.32 Å². The minimum absolute atomic E-state index is 0.222. The van der Waals surface area contributed by atoms with Gasteiger partial charge in [0.2, 0.25) is 0 Å². The minimum Gasteiger partial charge on any atom is -0.307 e. The number of carbonyl (C=O) groups excluding carboxylic acids is 1. The smallest absolute Gasteiger partial charge is 0.183 e. The summed E-state index contributed by atoms with van der Waals surface area (Å²) in [6.45, 7) is 4.13. The molecule has 0 saturated carbocycles. The van der Waals surface area contributed by atoms with Crippen molar-refractivity contribution in [2.45, 2.75) is 38.1 Å². The van der Waals surface area contributed by atoms with Crippen LogP contribution in [0.25, 0.3) is 0 Å². The number of likely N-dealkylation sites (N-methyl/N-ethyl adjacent to an activating group) is 1. The van der Waals surface area contributed by atoms with Crippen molar-refractivity contribution in [3.63, 3.8) is 0 Å². The van der Waals surface area contributed by atoms with Crippen LogP contribution in [0.3, 0.4) is 0 Å². The lowest BCUT2D eigenvalue weighted by Gasteiger charge is -2.30. The van der Waals surface area contributed by atoms with Gasteiger partial charge < -0.3 is 5.32 Å². The largest absolute Gasteiger partial charge is 0.307 e. The highest BCUT2D eigenvalue weighted by molar-refractivity contribution is 6.08. The lowest BCUT2D eigenvalue weighted by Crippen LogP contribution is -2.48. The number of rotatable bonds is 4. The summed E-state index contributed by atoms with van der Waals surface area (Å²) in [4.78, 5) is 12.8. The van der Waals surface area contributed by atoms with Gasteiger partial charge in [0.15, 0.2) is 5.78 Å². The van der Waals surface area contributed by atoms with Crippen LogP contribution in [0.15, 0.2) is 48.5 Å². The molecule has 114 valence electrons. The van der Waals surface area contributed by atoms with Crippen LogP contribution in [0.2, 0.25) is 0 Å². The van der Waals surface area contributed by atoms with E-state index in [-0.39, 0.29) is 11.7 Å². The number of benzene rings is 2. The minimum atomic E-state index is -0.495. The number of fused-ring (bicyclic) bond motifs is 1. The first kappa shape index (κ1) is 15.0. The molecule has 0 aliphatic heterocycles. The van der Waals surface area contributed by atoms with Crippen molar-refractivity contribution >= 4 is 5.78 Å². The standard InChI is InChI=1S/C20H23NO/c1-14-9-11-16-17(13-14)18(20(2,21-3)19(16)22)12-10-15-7-5-4-6-8-15/h4-9,11,13,18,21H,10,12H2,1-3H3. The Morgan fingerprint density at radius 1 is 1.14 bits per heavy atom. The first-order valence-electron chi connectivity index (χ1n) is 7.94. The molecule has 0 aromatic heterocycles. The van der Waals surface area contributed by atoms with Crippen LogP contribution in [-0.4, -0.2) is 18.4 Å². The number of hydrogen-bond donors (Lipinski definition) is 1. The first-order valence-corrected chi connectivity index (χ1v) is 7.94. The fourth-order valence-corrected chi connectivity index (χ4v) is 3.61. The van der Waals surface area contributed by atoms with Crippen LogP contribution in [0.4, 0.5) is 0 Å². The van der Waals surface area contributed by atoms with Crippen molar-refractivity contribution in [2.24, 2.45) is 0 Å². The fourth-order valence-electron chi connectivity index (χ4n) is 3.61. The van der Waals surface area contributed by atoms with E-state index in [2.05, 4.69) is 42.6 Å². The van der Waals surface area contributed by atoms with E-state index in [1.165, 1.54) is 16.7 Å². The Labute approximate surface area is 132 Å². The molecule has 2 aromatic carbocycles. The molecule has 22 heavy (non-hydrogen) atoms. The first-order chi connectivity index (χ1) is 10.6. The van der Waals surface area contributed by atoms with E-state index in [0.717, 1.165) is 18.4 Å². The van der Waals surface area contributed by atoms with Gasteiger partial charge >= 0.3 is 0 Å². The fraction of sp³-hybridized carbons (Fsp3) is 0.350. The molecule has 2 unspecified atom stereocenters. The molecule has 2 nitrogen and oxygen atoms in total. The van der Waals surface area contributed by atoms with Gasteiger partial charge in [0.1, 0.15) is 0 Å². The van der Waals surface area contributed by atoms with Crippen LogP contribution in [0.5, 0.6) is 0 Å². The number of aryl methyl sites for hydroxylation is 2. The van der Waals surface area contributed by atoms with Gasteiger partial charge in [-0.2, -0.15) is 0 Å². The third kappa shape index (κ3) is 2.38. The van der Waals surface area contributed by atoms with Gasteiger partial charge in [-0.15, -0.1) is 0 Å². The number of nitrogens with one attached hydrogen (secondary N) is 1. The summed E-state index contributed by atoms with van der Waals surface area (Å²) in [6.07, 6.45) is 1.97. The Balaban J connectivity index is 1.93. The van der Waals surface area contributed by atoms with Gasteiger partial charge in [0.05, 0.1) is 5.54 Å². The molecule has 1 N–H and O–H groups in total. The second-order valence-electron chi connectivity index (χ2n) is 6.45. The van der Waals surface area contributed by atoms with Gasteiger partial charge in [-0.1, -0.05) is 54.1 Å². The number of Topliss-reactive ketones (excluding diaryl/α,β-unsaturated/α-hetero) is 1. The van der Waals surface area contributed by atoms with Gasteiger partial charge in [0, 0.05) is 11.5 Å². The molecule has 1 aliphatic rings. The maximum atomic E-state index is 12.8. The summed E-state index contributed by atoms with van der Waals surface area (Å²) < 4.78 is 0. The molecule has 0 fully saturated rings. The average molecular weight is 293 g/mol. The lowest BCUT2D eigenvalue weighted by atomic mass is 9.81. The van der Waals surface area contributed by atoms with Crippen LogP contribution in [-0.2, 0) is 6.42 Å². The third-order valence-electron chi connectivity index (χ3n) is 5.08. The monoisotopic (exact) mass is 293 g/mol. The summed E-state index contributed by atoms with van der Waals surface area (Å²) >= 11 is 0. The number of hydrogen-bond acceptors (Lipinski definition) is 2. The molecule has 0 saturated heterocycles. The Morgan fingerprint density at radius 2 is 1.86 bits per heavy atom. The van der Waals surface area contributed by atoms with Crippen LogP contribution >= 0.6 is 0 Å². The maximum Gasteiger partial charge on any atom is 0.183 e. The predicted octanol–water partition coefficient (Wildman–Crippen LogP) is 3.89. The summed E-state index contributed by atoms with van der Waals surface area (Å²) in [6, 6.07) is 16.7. The zero-order chi connectivity index (χ0) is 15.7. The summed E-state index contributed by atoms with van der Waals surface area (Å²) in [5.41, 5.74) is 4.15. The molecular formula is C20H23NO. The highest BCUT2D eigenvalue weighted by Gasteiger charge is 2.48. The molecule has 0 spiro atoms. The molecule has 2 aromatic rings. The summed E-state index contributed by atoms with van der Waals surface area (Å²) in [5.74, 6) is 0.447. The molecule has 2 heteroatoms. The van der Waals surface area contributed by atoms with Crippen LogP contribution in [0, 0.1) is 6.92 Å². The van der Waals surface area contributed by atoms with E-state index in [1.807, 2.05) is 32.2 Å². The van der Waals surface area contributed by atoms with Crippen molar-refractivity contribution in [1.29, 1.82) is 0 Å². The lowest BCUT2D eigenvalue weighted by molar-refractivity contribution is 0.0871. The molecule has 0 amide bonds. The summed E-state index contributed by atoms with van der Waals surface area (Å²) in [5, 5.41) is 3.29.